The summed E-state index contributed by atoms with van der Waals surface area (Å²) in [6.45, 7) is 2.94. The molecule has 102 valence electrons. The number of hydrogen-bond donors (Lipinski definition) is 2. The molecular formula is C11H16ClN7. The number of nitrogen functional groups attached to an aromatic ring is 1. The summed E-state index contributed by atoms with van der Waals surface area (Å²) >= 11 is 5.81. The van der Waals surface area contributed by atoms with Crippen molar-refractivity contribution in [3.05, 3.63) is 5.28 Å². The van der Waals surface area contributed by atoms with Crippen molar-refractivity contribution in [3.63, 3.8) is 0 Å². The molecule has 0 bridgehead atoms. The summed E-state index contributed by atoms with van der Waals surface area (Å²) in [5.74, 6) is 1.41. The maximum absolute atomic E-state index is 5.85. The Hall–Kier alpha value is -1.89. The van der Waals surface area contributed by atoms with Gasteiger partial charge in [-0.15, -0.1) is 0 Å². The van der Waals surface area contributed by atoms with E-state index in [9.17, 15) is 0 Å². The molecule has 0 aliphatic heterocycles. The van der Waals surface area contributed by atoms with E-state index in [2.05, 4.69) is 32.2 Å². The van der Waals surface area contributed by atoms with Crippen molar-refractivity contribution >= 4 is 40.2 Å². The number of hydrogen-bond acceptors (Lipinski definition) is 7. The van der Waals surface area contributed by atoms with Gasteiger partial charge in [0.25, 0.3) is 0 Å². The van der Waals surface area contributed by atoms with Crippen LogP contribution < -0.4 is 16.0 Å². The highest BCUT2D eigenvalue weighted by Gasteiger charge is 2.14. The van der Waals surface area contributed by atoms with Crippen LogP contribution in [-0.4, -0.2) is 40.6 Å². The molecule has 0 radical (unpaired) electrons. The molecule has 0 fully saturated rings. The fraction of sp³-hybridized carbons (Fsp3) is 0.455. The van der Waals surface area contributed by atoms with Crippen LogP contribution in [0.2, 0.25) is 5.28 Å². The van der Waals surface area contributed by atoms with Gasteiger partial charge < -0.3 is 16.0 Å². The van der Waals surface area contributed by atoms with Crippen molar-refractivity contribution in [1.29, 1.82) is 0 Å². The molecule has 0 amide bonds. The molecule has 0 aliphatic carbocycles. The van der Waals surface area contributed by atoms with Gasteiger partial charge >= 0.3 is 0 Å². The van der Waals surface area contributed by atoms with E-state index in [1.165, 1.54) is 0 Å². The molecule has 3 N–H and O–H groups in total. The summed E-state index contributed by atoms with van der Waals surface area (Å²) in [5, 5.41) is 3.06. The summed E-state index contributed by atoms with van der Waals surface area (Å²) in [5.41, 5.74) is 6.87. The number of halogens is 1. The zero-order chi connectivity index (χ0) is 14.0. The second-order valence-corrected chi connectivity index (χ2v) is 4.46. The van der Waals surface area contributed by atoms with Crippen molar-refractivity contribution in [2.75, 3.05) is 36.6 Å². The fourth-order valence-electron chi connectivity index (χ4n) is 1.78. The number of nitrogens with one attached hydrogen (secondary N) is 1. The summed E-state index contributed by atoms with van der Waals surface area (Å²) in [7, 11) is 3.69. The van der Waals surface area contributed by atoms with E-state index in [1.54, 1.807) is 7.05 Å². The third-order valence-corrected chi connectivity index (χ3v) is 2.84. The first-order chi connectivity index (χ1) is 9.06. The summed E-state index contributed by atoms with van der Waals surface area (Å²) in [6, 6.07) is 0. The number of anilines is 3. The third kappa shape index (κ3) is 2.60. The molecule has 0 atom stereocenters. The van der Waals surface area contributed by atoms with Gasteiger partial charge in [-0.05, 0) is 18.0 Å². The van der Waals surface area contributed by atoms with Crippen molar-refractivity contribution in [2.45, 2.75) is 13.3 Å². The molecular weight excluding hydrogens is 266 g/mol. The second-order valence-electron chi connectivity index (χ2n) is 4.12. The molecule has 0 saturated carbocycles. The Balaban J connectivity index is 2.65. The highest BCUT2D eigenvalue weighted by Crippen LogP contribution is 2.25. The molecule has 0 unspecified atom stereocenters. The van der Waals surface area contributed by atoms with Crippen LogP contribution in [0.15, 0.2) is 0 Å². The lowest BCUT2D eigenvalue weighted by Crippen LogP contribution is -2.21. The van der Waals surface area contributed by atoms with Crippen LogP contribution in [0.25, 0.3) is 11.0 Å². The minimum atomic E-state index is 0.0831. The first kappa shape index (κ1) is 13.5. The predicted octanol–water partition coefficient (Wildman–Crippen LogP) is 1.54. The maximum Gasteiger partial charge on any atom is 0.227 e. The molecule has 2 heterocycles. The SMILES string of the molecule is CCCN(C)c1nc(NC)c2nc(Cl)nc(N)c2n1. The smallest absolute Gasteiger partial charge is 0.227 e. The summed E-state index contributed by atoms with van der Waals surface area (Å²) in [4.78, 5) is 18.8. The number of fused-ring (bicyclic) bond motifs is 1. The molecule has 2 aromatic rings. The number of nitrogens with zero attached hydrogens (tertiary/aromatic N) is 5. The topological polar surface area (TPSA) is 92.9 Å². The Bertz CT molecular complexity index is 601. The minimum absolute atomic E-state index is 0.0831. The highest BCUT2D eigenvalue weighted by molar-refractivity contribution is 6.28. The molecule has 2 aromatic heterocycles. The van der Waals surface area contributed by atoms with E-state index >= 15 is 0 Å². The number of aromatic nitrogens is 4. The van der Waals surface area contributed by atoms with Crippen LogP contribution in [0, 0.1) is 0 Å². The molecule has 8 heteroatoms. The largest absolute Gasteiger partial charge is 0.382 e. The lowest BCUT2D eigenvalue weighted by atomic mass is 10.3. The maximum atomic E-state index is 5.85. The van der Waals surface area contributed by atoms with Gasteiger partial charge in [0.1, 0.15) is 11.0 Å². The van der Waals surface area contributed by atoms with Crippen LogP contribution in [0.5, 0.6) is 0 Å². The molecule has 0 spiro atoms. The summed E-state index contributed by atoms with van der Waals surface area (Å²) in [6.07, 6.45) is 0.999. The standard InChI is InChI=1S/C11H16ClN7/c1-4-5-19(3)11-16-6-7(9(14-2)18-11)15-10(12)17-8(6)13/h4-5H2,1-3H3,(H2,13,15,17)(H,14,16,18). The molecule has 0 aliphatic rings. The second kappa shape index (κ2) is 5.40. The Kier molecular flexibility index (Phi) is 3.84. The number of rotatable bonds is 4. The molecule has 19 heavy (non-hydrogen) atoms. The zero-order valence-electron chi connectivity index (χ0n) is 11.1. The van der Waals surface area contributed by atoms with Gasteiger partial charge in [-0.1, -0.05) is 6.92 Å². The third-order valence-electron chi connectivity index (χ3n) is 2.67. The van der Waals surface area contributed by atoms with Crippen molar-refractivity contribution in [1.82, 2.24) is 19.9 Å². The van der Waals surface area contributed by atoms with Crippen molar-refractivity contribution in [3.8, 4) is 0 Å². The molecule has 0 saturated heterocycles. The van der Waals surface area contributed by atoms with E-state index in [1.807, 2.05) is 11.9 Å². The number of nitrogens with two attached hydrogens (primary N) is 1. The Morgan fingerprint density at radius 1 is 1.21 bits per heavy atom. The van der Waals surface area contributed by atoms with Crippen LogP contribution in [0.1, 0.15) is 13.3 Å². The quantitative estimate of drug-likeness (QED) is 0.821. The van der Waals surface area contributed by atoms with Gasteiger partial charge in [-0.2, -0.15) is 9.97 Å². The minimum Gasteiger partial charge on any atom is -0.382 e. The van der Waals surface area contributed by atoms with Crippen LogP contribution in [0.3, 0.4) is 0 Å². The lowest BCUT2D eigenvalue weighted by molar-refractivity contribution is 0.822. The van der Waals surface area contributed by atoms with E-state index in [0.717, 1.165) is 13.0 Å². The van der Waals surface area contributed by atoms with Crippen molar-refractivity contribution in [2.24, 2.45) is 0 Å². The normalized spacial score (nSPS) is 10.7. The average molecular weight is 282 g/mol. The van der Waals surface area contributed by atoms with Gasteiger partial charge in [0.2, 0.25) is 11.2 Å². The van der Waals surface area contributed by atoms with E-state index in [4.69, 9.17) is 17.3 Å². The Morgan fingerprint density at radius 2 is 1.95 bits per heavy atom. The van der Waals surface area contributed by atoms with Gasteiger partial charge in [-0.3, -0.25) is 0 Å². The Labute approximate surface area is 116 Å². The van der Waals surface area contributed by atoms with E-state index < -0.39 is 0 Å². The average Bonchev–Trinajstić information content (AvgIpc) is 2.38. The first-order valence-corrected chi connectivity index (χ1v) is 6.34. The fourth-order valence-corrected chi connectivity index (χ4v) is 1.95. The van der Waals surface area contributed by atoms with Gasteiger partial charge in [-0.25, -0.2) is 9.97 Å². The first-order valence-electron chi connectivity index (χ1n) is 5.96. The monoisotopic (exact) mass is 281 g/mol. The molecule has 2 rings (SSSR count). The van der Waals surface area contributed by atoms with Gasteiger partial charge in [0, 0.05) is 20.6 Å². The van der Waals surface area contributed by atoms with Gasteiger partial charge in [0.15, 0.2) is 11.6 Å². The lowest BCUT2D eigenvalue weighted by Gasteiger charge is -2.17. The zero-order valence-corrected chi connectivity index (χ0v) is 11.9. The van der Waals surface area contributed by atoms with Crippen LogP contribution >= 0.6 is 11.6 Å². The van der Waals surface area contributed by atoms with Crippen LogP contribution in [-0.2, 0) is 0 Å². The van der Waals surface area contributed by atoms with E-state index in [-0.39, 0.29) is 11.1 Å². The van der Waals surface area contributed by atoms with Crippen molar-refractivity contribution < 1.29 is 0 Å². The van der Waals surface area contributed by atoms with E-state index in [0.29, 0.717) is 22.8 Å². The summed E-state index contributed by atoms with van der Waals surface area (Å²) < 4.78 is 0. The van der Waals surface area contributed by atoms with Gasteiger partial charge in [0.05, 0.1) is 0 Å². The predicted molar refractivity (Wildman–Crippen MR) is 77.7 cm³/mol. The van der Waals surface area contributed by atoms with Crippen LogP contribution in [0.4, 0.5) is 17.6 Å². The molecule has 7 nitrogen and oxygen atoms in total. The Morgan fingerprint density at radius 3 is 2.58 bits per heavy atom. The molecule has 0 aromatic carbocycles. The highest BCUT2D eigenvalue weighted by atomic mass is 35.5.